The molecule has 3 nitrogen and oxygen atoms in total. The van der Waals surface area contributed by atoms with Gasteiger partial charge in [0.2, 0.25) is 0 Å². The molecular weight excluding hydrogens is 208 g/mol. The summed E-state index contributed by atoms with van der Waals surface area (Å²) in [5.41, 5.74) is 0. The topological polar surface area (TPSA) is 27.7 Å². The monoisotopic (exact) mass is 232 g/mol. The summed E-state index contributed by atoms with van der Waals surface area (Å²) < 4.78 is 14.2. The second-order valence-corrected chi connectivity index (χ2v) is 5.45. The Hall–Kier alpha value is -0.163. The molecule has 90 valence electrons. The van der Waals surface area contributed by atoms with E-state index in [4.69, 9.17) is 13.3 Å². The first-order valence-corrected chi connectivity index (χ1v) is 7.00. The Labute approximate surface area is 95.4 Å². The van der Waals surface area contributed by atoms with Crippen LogP contribution in [0.25, 0.3) is 0 Å². The highest BCUT2D eigenvalue weighted by atomic mass is 28.3. The molecule has 0 heterocycles. The molecule has 0 atom stereocenters. The molecule has 4 heteroatoms. The van der Waals surface area contributed by atoms with Crippen LogP contribution >= 0.6 is 0 Å². The van der Waals surface area contributed by atoms with Gasteiger partial charge in [-0.1, -0.05) is 25.0 Å². The zero-order valence-corrected chi connectivity index (χ0v) is 11.4. The standard InChI is InChI=1S/C8H14.C3H10O3Si/c1-2-4-6-8-7-5-3-1;1-4-7(5-2)6-3/h1-2H,3-8H2;7H,1-3H3. The summed E-state index contributed by atoms with van der Waals surface area (Å²) in [5.74, 6) is 0. The second-order valence-electron chi connectivity index (χ2n) is 3.46. The van der Waals surface area contributed by atoms with Crippen LogP contribution in [0, 0.1) is 0 Å². The van der Waals surface area contributed by atoms with Crippen LogP contribution in [0.3, 0.4) is 0 Å². The van der Waals surface area contributed by atoms with Crippen LogP contribution in [0.2, 0.25) is 0 Å². The van der Waals surface area contributed by atoms with E-state index in [0.29, 0.717) is 0 Å². The number of hydrogen-bond donors (Lipinski definition) is 0. The Kier molecular flexibility index (Phi) is 11.8. The summed E-state index contributed by atoms with van der Waals surface area (Å²) in [5, 5.41) is 0. The van der Waals surface area contributed by atoms with Crippen molar-refractivity contribution in [3.63, 3.8) is 0 Å². The lowest BCUT2D eigenvalue weighted by Crippen LogP contribution is -2.21. The minimum absolute atomic E-state index is 1.32. The van der Waals surface area contributed by atoms with Gasteiger partial charge < -0.3 is 13.3 Å². The lowest BCUT2D eigenvalue weighted by molar-refractivity contribution is 0.163. The van der Waals surface area contributed by atoms with E-state index in [9.17, 15) is 0 Å². The summed E-state index contributed by atoms with van der Waals surface area (Å²) in [6, 6.07) is 0. The molecule has 0 aromatic carbocycles. The van der Waals surface area contributed by atoms with E-state index in [2.05, 4.69) is 12.2 Å². The predicted octanol–water partition coefficient (Wildman–Crippen LogP) is 2.54. The average molecular weight is 232 g/mol. The minimum atomic E-state index is -1.67. The third-order valence-corrected chi connectivity index (χ3v) is 3.39. The van der Waals surface area contributed by atoms with Gasteiger partial charge >= 0.3 is 9.53 Å². The highest BCUT2D eigenvalue weighted by Gasteiger charge is 2.04. The van der Waals surface area contributed by atoms with Crippen molar-refractivity contribution in [1.82, 2.24) is 0 Å². The van der Waals surface area contributed by atoms with Crippen molar-refractivity contribution < 1.29 is 13.3 Å². The average Bonchev–Trinajstić information content (AvgIpc) is 2.20. The first kappa shape index (κ1) is 14.8. The molecule has 0 aliphatic heterocycles. The van der Waals surface area contributed by atoms with E-state index >= 15 is 0 Å². The molecule has 0 spiro atoms. The van der Waals surface area contributed by atoms with Crippen molar-refractivity contribution in [3.8, 4) is 0 Å². The van der Waals surface area contributed by atoms with Crippen LogP contribution < -0.4 is 0 Å². The van der Waals surface area contributed by atoms with Gasteiger partial charge in [-0.3, -0.25) is 0 Å². The van der Waals surface area contributed by atoms with Gasteiger partial charge in [0.05, 0.1) is 0 Å². The van der Waals surface area contributed by atoms with Gasteiger partial charge in [0.25, 0.3) is 0 Å². The molecule has 0 radical (unpaired) electrons. The van der Waals surface area contributed by atoms with Crippen molar-refractivity contribution in [2.45, 2.75) is 38.5 Å². The molecule has 0 aromatic rings. The first-order valence-electron chi connectivity index (χ1n) is 5.58. The summed E-state index contributed by atoms with van der Waals surface area (Å²) in [6.45, 7) is 0. The lowest BCUT2D eigenvalue weighted by atomic mass is 10.1. The van der Waals surface area contributed by atoms with E-state index in [1.807, 2.05) is 0 Å². The van der Waals surface area contributed by atoms with Gasteiger partial charge in [0.15, 0.2) is 0 Å². The predicted molar refractivity (Wildman–Crippen MR) is 65.0 cm³/mol. The smallest absolute Gasteiger partial charge is 0.379 e. The molecular formula is C11H24O3Si. The van der Waals surface area contributed by atoms with Crippen LogP contribution in [0.4, 0.5) is 0 Å². The maximum absolute atomic E-state index is 4.74. The molecule has 0 bridgehead atoms. The van der Waals surface area contributed by atoms with E-state index < -0.39 is 9.53 Å². The highest BCUT2D eigenvalue weighted by Crippen LogP contribution is 2.09. The Morgan fingerprint density at radius 2 is 1.13 bits per heavy atom. The van der Waals surface area contributed by atoms with E-state index in [-0.39, 0.29) is 0 Å². The molecule has 0 saturated heterocycles. The summed E-state index contributed by atoms with van der Waals surface area (Å²) in [7, 11) is 3.05. The van der Waals surface area contributed by atoms with Crippen molar-refractivity contribution in [3.05, 3.63) is 12.2 Å². The molecule has 1 rings (SSSR count). The van der Waals surface area contributed by atoms with Crippen molar-refractivity contribution >= 4 is 9.53 Å². The zero-order chi connectivity index (χ0) is 11.4. The van der Waals surface area contributed by atoms with E-state index in [0.717, 1.165) is 0 Å². The zero-order valence-electron chi connectivity index (χ0n) is 10.2. The van der Waals surface area contributed by atoms with Crippen LogP contribution in [-0.2, 0) is 13.3 Å². The minimum Gasteiger partial charge on any atom is -0.379 e. The molecule has 0 unspecified atom stereocenters. The number of rotatable bonds is 3. The quantitative estimate of drug-likeness (QED) is 0.553. The SMILES string of the molecule is C1=CCCCCCC1.CO[SiH](OC)OC. The van der Waals surface area contributed by atoms with Crippen LogP contribution in [0.1, 0.15) is 38.5 Å². The lowest BCUT2D eigenvalue weighted by Gasteiger charge is -2.05. The summed E-state index contributed by atoms with van der Waals surface area (Å²) in [4.78, 5) is 0. The Balaban J connectivity index is 0.000000265. The third-order valence-electron chi connectivity index (χ3n) is 2.24. The van der Waals surface area contributed by atoms with Crippen molar-refractivity contribution in [1.29, 1.82) is 0 Å². The van der Waals surface area contributed by atoms with Crippen LogP contribution in [0.5, 0.6) is 0 Å². The molecule has 15 heavy (non-hydrogen) atoms. The fourth-order valence-corrected chi connectivity index (χ4v) is 1.98. The van der Waals surface area contributed by atoms with Gasteiger partial charge in [0.1, 0.15) is 0 Å². The first-order chi connectivity index (χ1) is 7.35. The molecule has 0 aromatic heterocycles. The van der Waals surface area contributed by atoms with Gasteiger partial charge in [-0.05, 0) is 25.7 Å². The Morgan fingerprint density at radius 3 is 1.40 bits per heavy atom. The maximum Gasteiger partial charge on any atom is 0.483 e. The number of hydrogen-bond acceptors (Lipinski definition) is 3. The van der Waals surface area contributed by atoms with E-state index in [1.165, 1.54) is 38.5 Å². The van der Waals surface area contributed by atoms with Gasteiger partial charge in [0, 0.05) is 21.3 Å². The second kappa shape index (κ2) is 11.9. The van der Waals surface area contributed by atoms with Crippen molar-refractivity contribution in [2.24, 2.45) is 0 Å². The number of allylic oxidation sites excluding steroid dienone is 2. The highest BCUT2D eigenvalue weighted by molar-refractivity contribution is 6.36. The van der Waals surface area contributed by atoms with E-state index in [1.54, 1.807) is 21.3 Å². The molecule has 1 aliphatic rings. The summed E-state index contributed by atoms with van der Waals surface area (Å²) in [6.07, 6.45) is 13.0. The molecule has 1 aliphatic carbocycles. The fourth-order valence-electron chi connectivity index (χ4n) is 1.40. The molecule has 0 amide bonds. The van der Waals surface area contributed by atoms with Gasteiger partial charge in [-0.25, -0.2) is 0 Å². The van der Waals surface area contributed by atoms with Crippen LogP contribution in [0.15, 0.2) is 12.2 Å². The third kappa shape index (κ3) is 10.1. The molecule has 0 saturated carbocycles. The fraction of sp³-hybridized carbons (Fsp3) is 0.818. The summed E-state index contributed by atoms with van der Waals surface area (Å²) >= 11 is 0. The molecule has 0 fully saturated rings. The molecule has 0 N–H and O–H groups in total. The maximum atomic E-state index is 4.74. The van der Waals surface area contributed by atoms with Gasteiger partial charge in [-0.2, -0.15) is 0 Å². The normalized spacial score (nSPS) is 16.5. The largest absolute Gasteiger partial charge is 0.483 e. The Bertz CT molecular complexity index is 131. The Morgan fingerprint density at radius 1 is 0.733 bits per heavy atom. The van der Waals surface area contributed by atoms with Gasteiger partial charge in [-0.15, -0.1) is 0 Å². The van der Waals surface area contributed by atoms with Crippen molar-refractivity contribution in [2.75, 3.05) is 21.3 Å². The van der Waals surface area contributed by atoms with Crippen LogP contribution in [-0.4, -0.2) is 30.9 Å².